The van der Waals surface area contributed by atoms with Crippen molar-refractivity contribution in [1.29, 1.82) is 0 Å². The molecule has 1 heterocycles. The second kappa shape index (κ2) is 5.04. The largest absolute Gasteiger partial charge is 0.574 e. The van der Waals surface area contributed by atoms with Crippen LogP contribution in [0, 0.1) is 15.9 Å². The van der Waals surface area contributed by atoms with Gasteiger partial charge >= 0.3 is 18.0 Å². The number of nitrogens with zero attached hydrogens (tertiary/aromatic N) is 2. The minimum Gasteiger partial charge on any atom is -0.481 e. The minimum absolute atomic E-state index is 0.143. The van der Waals surface area contributed by atoms with Gasteiger partial charge in [-0.1, -0.05) is 0 Å². The lowest BCUT2D eigenvalue weighted by atomic mass is 10.1. The van der Waals surface area contributed by atoms with E-state index < -0.39 is 46.6 Å². The van der Waals surface area contributed by atoms with Crippen LogP contribution in [-0.4, -0.2) is 27.3 Å². The first kappa shape index (κ1) is 14.6. The van der Waals surface area contributed by atoms with E-state index in [0.29, 0.717) is 0 Å². The average Bonchev–Trinajstić information content (AvgIpc) is 2.19. The molecular formula is C8H4F4N2O5. The fourth-order valence-electron chi connectivity index (χ4n) is 1.21. The van der Waals surface area contributed by atoms with Gasteiger partial charge in [0.05, 0.1) is 17.5 Å². The molecule has 1 N–H and O–H groups in total. The van der Waals surface area contributed by atoms with E-state index in [0.717, 1.165) is 0 Å². The molecule has 11 heteroatoms. The quantitative estimate of drug-likeness (QED) is 0.512. The second-order valence-corrected chi connectivity index (χ2v) is 3.11. The van der Waals surface area contributed by atoms with Gasteiger partial charge < -0.3 is 9.84 Å². The van der Waals surface area contributed by atoms with Crippen LogP contribution in [0.1, 0.15) is 5.56 Å². The average molecular weight is 284 g/mol. The summed E-state index contributed by atoms with van der Waals surface area (Å²) in [5.41, 5.74) is -2.52. The Labute approximate surface area is 101 Å². The zero-order valence-corrected chi connectivity index (χ0v) is 8.77. The molecule has 0 atom stereocenters. The van der Waals surface area contributed by atoms with Crippen molar-refractivity contribution in [2.75, 3.05) is 0 Å². The number of carboxylic acid groups (broad SMARTS) is 1. The third-order valence-corrected chi connectivity index (χ3v) is 1.79. The zero-order valence-electron chi connectivity index (χ0n) is 8.77. The van der Waals surface area contributed by atoms with E-state index in [2.05, 4.69) is 9.72 Å². The van der Waals surface area contributed by atoms with E-state index in [4.69, 9.17) is 5.11 Å². The number of ether oxygens (including phenoxy) is 1. The van der Waals surface area contributed by atoms with Gasteiger partial charge in [0, 0.05) is 0 Å². The standard InChI is InChI=1S/C8H4F4N2O5/c9-4-2-13-7(19-8(10,11)12)3(1-5(15)16)6(4)14(17)18/h2H,1H2,(H,15,16). The first-order valence-corrected chi connectivity index (χ1v) is 4.41. The van der Waals surface area contributed by atoms with Crippen molar-refractivity contribution in [2.24, 2.45) is 0 Å². The highest BCUT2D eigenvalue weighted by Gasteiger charge is 2.36. The Balaban J connectivity index is 3.42. The summed E-state index contributed by atoms with van der Waals surface area (Å²) in [5, 5.41) is 19.0. The fraction of sp³-hybridized carbons (Fsp3) is 0.250. The van der Waals surface area contributed by atoms with Gasteiger partial charge in [0.15, 0.2) is 0 Å². The Bertz CT molecular complexity index is 531. The predicted octanol–water partition coefficient (Wildman–Crippen LogP) is 1.65. The third kappa shape index (κ3) is 3.76. The van der Waals surface area contributed by atoms with Crippen LogP contribution in [0.25, 0.3) is 0 Å². The lowest BCUT2D eigenvalue weighted by molar-refractivity contribution is -0.388. The smallest absolute Gasteiger partial charge is 0.481 e. The molecule has 1 rings (SSSR count). The molecule has 104 valence electrons. The van der Waals surface area contributed by atoms with E-state index >= 15 is 0 Å². The molecule has 0 aliphatic heterocycles. The number of alkyl halides is 3. The molecule has 0 saturated carbocycles. The topological polar surface area (TPSA) is 103 Å². The van der Waals surface area contributed by atoms with Gasteiger partial charge in [0.2, 0.25) is 11.7 Å². The molecule has 0 unspecified atom stereocenters. The highest BCUT2D eigenvalue weighted by atomic mass is 19.4. The molecule has 0 spiro atoms. The van der Waals surface area contributed by atoms with Gasteiger partial charge in [-0.25, -0.2) is 4.98 Å². The number of aliphatic carboxylic acids is 1. The van der Waals surface area contributed by atoms with Crippen LogP contribution in [0.3, 0.4) is 0 Å². The Morgan fingerprint density at radius 2 is 2.11 bits per heavy atom. The van der Waals surface area contributed by atoms with Crippen LogP contribution >= 0.6 is 0 Å². The van der Waals surface area contributed by atoms with Crippen molar-refractivity contribution in [3.05, 3.63) is 27.7 Å². The lowest BCUT2D eigenvalue weighted by Crippen LogP contribution is -2.20. The number of rotatable bonds is 4. The number of pyridine rings is 1. The van der Waals surface area contributed by atoms with Crippen LogP contribution in [0.15, 0.2) is 6.20 Å². The highest BCUT2D eigenvalue weighted by Crippen LogP contribution is 2.32. The predicted molar refractivity (Wildman–Crippen MR) is 48.9 cm³/mol. The van der Waals surface area contributed by atoms with Crippen LogP contribution in [0.5, 0.6) is 5.88 Å². The number of nitro groups is 1. The summed E-state index contributed by atoms with van der Waals surface area (Å²) in [6.07, 6.45) is -6.34. The summed E-state index contributed by atoms with van der Waals surface area (Å²) in [6, 6.07) is 0. The number of carboxylic acids is 1. The number of aromatic nitrogens is 1. The summed E-state index contributed by atoms with van der Waals surface area (Å²) in [4.78, 5) is 22.5. The maximum absolute atomic E-state index is 13.1. The van der Waals surface area contributed by atoms with E-state index in [9.17, 15) is 32.5 Å². The lowest BCUT2D eigenvalue weighted by Gasteiger charge is -2.11. The van der Waals surface area contributed by atoms with Crippen molar-refractivity contribution in [3.63, 3.8) is 0 Å². The second-order valence-electron chi connectivity index (χ2n) is 3.11. The van der Waals surface area contributed by atoms with Crippen LogP contribution in [-0.2, 0) is 11.2 Å². The first-order chi connectivity index (χ1) is 8.61. The van der Waals surface area contributed by atoms with Gasteiger partial charge in [0.1, 0.15) is 5.56 Å². The van der Waals surface area contributed by atoms with Gasteiger partial charge in [-0.05, 0) is 0 Å². The van der Waals surface area contributed by atoms with Crippen molar-refractivity contribution in [1.82, 2.24) is 4.98 Å². The Morgan fingerprint density at radius 3 is 2.53 bits per heavy atom. The summed E-state index contributed by atoms with van der Waals surface area (Å²) in [7, 11) is 0. The van der Waals surface area contributed by atoms with E-state index in [1.54, 1.807) is 0 Å². The van der Waals surface area contributed by atoms with Crippen molar-refractivity contribution >= 4 is 11.7 Å². The molecule has 0 radical (unpaired) electrons. The maximum Gasteiger partial charge on any atom is 0.574 e. The molecule has 7 nitrogen and oxygen atoms in total. The van der Waals surface area contributed by atoms with E-state index in [-0.39, 0.29) is 6.20 Å². The van der Waals surface area contributed by atoms with Crippen LogP contribution in [0.4, 0.5) is 23.2 Å². The molecular weight excluding hydrogens is 280 g/mol. The summed E-state index contributed by atoms with van der Waals surface area (Å²) in [5.74, 6) is -4.64. The zero-order chi connectivity index (χ0) is 14.8. The maximum atomic E-state index is 13.1. The minimum atomic E-state index is -5.24. The molecule has 1 aromatic rings. The molecule has 0 amide bonds. The Morgan fingerprint density at radius 1 is 1.53 bits per heavy atom. The van der Waals surface area contributed by atoms with Gasteiger partial charge in [-0.3, -0.25) is 14.9 Å². The first-order valence-electron chi connectivity index (χ1n) is 4.41. The van der Waals surface area contributed by atoms with Crippen LogP contribution < -0.4 is 4.74 Å². The normalized spacial score (nSPS) is 11.2. The molecule has 0 fully saturated rings. The van der Waals surface area contributed by atoms with Gasteiger partial charge in [0.25, 0.3) is 0 Å². The van der Waals surface area contributed by atoms with Gasteiger partial charge in [-0.15, -0.1) is 13.2 Å². The van der Waals surface area contributed by atoms with Crippen molar-refractivity contribution in [2.45, 2.75) is 12.8 Å². The molecule has 0 aliphatic carbocycles. The van der Waals surface area contributed by atoms with Crippen LogP contribution in [0.2, 0.25) is 0 Å². The molecule has 1 aromatic heterocycles. The Kier molecular flexibility index (Phi) is 3.87. The van der Waals surface area contributed by atoms with Crippen molar-refractivity contribution in [3.8, 4) is 5.88 Å². The summed E-state index contributed by atoms with van der Waals surface area (Å²) >= 11 is 0. The molecule has 0 aliphatic rings. The highest BCUT2D eigenvalue weighted by molar-refractivity contribution is 5.73. The fourth-order valence-corrected chi connectivity index (χ4v) is 1.21. The molecule has 0 saturated heterocycles. The molecule has 0 aromatic carbocycles. The van der Waals surface area contributed by atoms with Gasteiger partial charge in [-0.2, -0.15) is 4.39 Å². The number of carbonyl (C=O) groups is 1. The summed E-state index contributed by atoms with van der Waals surface area (Å²) in [6.45, 7) is 0. The summed E-state index contributed by atoms with van der Waals surface area (Å²) < 4.78 is 52.5. The molecule has 0 bridgehead atoms. The number of halogens is 4. The van der Waals surface area contributed by atoms with E-state index in [1.807, 2.05) is 0 Å². The van der Waals surface area contributed by atoms with Crippen molar-refractivity contribution < 1.29 is 37.1 Å². The third-order valence-electron chi connectivity index (χ3n) is 1.79. The molecule has 19 heavy (non-hydrogen) atoms. The Hall–Kier alpha value is -2.46. The number of hydrogen-bond acceptors (Lipinski definition) is 5. The van der Waals surface area contributed by atoms with E-state index in [1.165, 1.54) is 0 Å². The SMILES string of the molecule is O=C(O)Cc1c(OC(F)(F)F)ncc(F)c1[N+](=O)[O-]. The monoisotopic (exact) mass is 284 g/mol. The number of hydrogen-bond donors (Lipinski definition) is 1.